The van der Waals surface area contributed by atoms with Crippen LogP contribution in [0, 0.1) is 0 Å². The first-order valence-corrected chi connectivity index (χ1v) is 6.14. The van der Waals surface area contributed by atoms with Gasteiger partial charge in [-0.15, -0.1) is 0 Å². The van der Waals surface area contributed by atoms with Crippen molar-refractivity contribution in [1.82, 2.24) is 4.90 Å². The summed E-state index contributed by atoms with van der Waals surface area (Å²) < 4.78 is 5.23. The normalized spacial score (nSPS) is 13.3. The van der Waals surface area contributed by atoms with Gasteiger partial charge in [-0.2, -0.15) is 0 Å². The predicted octanol–water partition coefficient (Wildman–Crippen LogP) is 2.51. The van der Waals surface area contributed by atoms with E-state index >= 15 is 0 Å². The molecule has 0 fully saturated rings. The summed E-state index contributed by atoms with van der Waals surface area (Å²) in [6.07, 6.45) is 0. The zero-order valence-electron chi connectivity index (χ0n) is 11.3. The Bertz CT molecular complexity index is 339. The molecule has 0 aliphatic rings. The lowest BCUT2D eigenvalue weighted by Crippen LogP contribution is -2.40. The highest BCUT2D eigenvalue weighted by molar-refractivity contribution is 5.46. The van der Waals surface area contributed by atoms with E-state index in [1.165, 1.54) is 5.56 Å². The van der Waals surface area contributed by atoms with Crippen LogP contribution in [0.3, 0.4) is 0 Å². The summed E-state index contributed by atoms with van der Waals surface area (Å²) in [6.45, 7) is 8.19. The summed E-state index contributed by atoms with van der Waals surface area (Å²) in [6, 6.07) is 8.90. The summed E-state index contributed by atoms with van der Waals surface area (Å²) in [5.41, 5.74) is 8.03. The van der Waals surface area contributed by atoms with Crippen molar-refractivity contribution in [3.05, 3.63) is 29.8 Å². The molecule has 1 aromatic carbocycles. The van der Waals surface area contributed by atoms with Gasteiger partial charge in [0.25, 0.3) is 0 Å². The number of para-hydroxylation sites is 1. The number of benzene rings is 1. The molecule has 3 heteroatoms. The van der Waals surface area contributed by atoms with E-state index in [1.807, 2.05) is 18.2 Å². The van der Waals surface area contributed by atoms with Crippen molar-refractivity contribution < 1.29 is 4.74 Å². The SMILES string of the molecule is COCC(C)N(Cc1ccccc1N)C(C)C. The fraction of sp³-hybridized carbons (Fsp3) is 0.571. The minimum absolute atomic E-state index is 0.389. The largest absolute Gasteiger partial charge is 0.398 e. The lowest BCUT2D eigenvalue weighted by molar-refractivity contribution is 0.0740. The smallest absolute Gasteiger partial charge is 0.0615 e. The van der Waals surface area contributed by atoms with Crippen LogP contribution in [-0.4, -0.2) is 30.7 Å². The van der Waals surface area contributed by atoms with Crippen LogP contribution in [-0.2, 0) is 11.3 Å². The van der Waals surface area contributed by atoms with Gasteiger partial charge in [-0.25, -0.2) is 0 Å². The van der Waals surface area contributed by atoms with Crippen LogP contribution >= 0.6 is 0 Å². The van der Waals surface area contributed by atoms with Crippen molar-refractivity contribution in [2.24, 2.45) is 0 Å². The fourth-order valence-corrected chi connectivity index (χ4v) is 2.06. The summed E-state index contributed by atoms with van der Waals surface area (Å²) in [4.78, 5) is 2.40. The lowest BCUT2D eigenvalue weighted by Gasteiger charge is -2.32. The second-order valence-electron chi connectivity index (χ2n) is 4.77. The molecule has 0 saturated heterocycles. The van der Waals surface area contributed by atoms with Gasteiger partial charge in [0.2, 0.25) is 0 Å². The van der Waals surface area contributed by atoms with Crippen LogP contribution in [0.5, 0.6) is 0 Å². The van der Waals surface area contributed by atoms with E-state index in [0.29, 0.717) is 12.1 Å². The molecular formula is C14H24N2O. The van der Waals surface area contributed by atoms with Crippen LogP contribution in [0.25, 0.3) is 0 Å². The van der Waals surface area contributed by atoms with Crippen molar-refractivity contribution in [3.63, 3.8) is 0 Å². The van der Waals surface area contributed by atoms with Gasteiger partial charge < -0.3 is 10.5 Å². The maximum atomic E-state index is 5.99. The molecule has 0 radical (unpaired) electrons. The Hall–Kier alpha value is -1.06. The van der Waals surface area contributed by atoms with E-state index in [-0.39, 0.29) is 0 Å². The zero-order chi connectivity index (χ0) is 12.8. The van der Waals surface area contributed by atoms with Crippen LogP contribution in [0.1, 0.15) is 26.3 Å². The van der Waals surface area contributed by atoms with E-state index in [0.717, 1.165) is 18.8 Å². The molecule has 0 aliphatic carbocycles. The number of methoxy groups -OCH3 is 1. The van der Waals surface area contributed by atoms with Crippen molar-refractivity contribution in [1.29, 1.82) is 0 Å². The summed E-state index contributed by atoms with van der Waals surface area (Å²) in [7, 11) is 1.74. The molecule has 2 N–H and O–H groups in total. The summed E-state index contributed by atoms with van der Waals surface area (Å²) in [5.74, 6) is 0. The molecule has 1 rings (SSSR count). The number of anilines is 1. The average molecular weight is 236 g/mol. The van der Waals surface area contributed by atoms with Crippen molar-refractivity contribution in [3.8, 4) is 0 Å². The third-order valence-electron chi connectivity index (χ3n) is 3.05. The molecule has 1 atom stereocenters. The first kappa shape index (κ1) is 14.0. The Morgan fingerprint density at radius 2 is 1.88 bits per heavy atom. The molecule has 0 aliphatic heterocycles. The Kier molecular flexibility index (Phi) is 5.45. The van der Waals surface area contributed by atoms with Gasteiger partial charge in [-0.3, -0.25) is 4.90 Å². The predicted molar refractivity (Wildman–Crippen MR) is 72.9 cm³/mol. The summed E-state index contributed by atoms with van der Waals surface area (Å²) in [5, 5.41) is 0. The Balaban J connectivity index is 2.77. The van der Waals surface area contributed by atoms with Gasteiger partial charge in [0.15, 0.2) is 0 Å². The molecule has 0 heterocycles. The minimum Gasteiger partial charge on any atom is -0.398 e. The molecule has 0 aromatic heterocycles. The molecule has 0 amide bonds. The quantitative estimate of drug-likeness (QED) is 0.771. The molecule has 0 spiro atoms. The highest BCUT2D eigenvalue weighted by atomic mass is 16.5. The molecule has 0 saturated carbocycles. The standard InChI is InChI=1S/C14H24N2O/c1-11(2)16(12(3)10-17-4)9-13-7-5-6-8-14(13)15/h5-8,11-12H,9-10,15H2,1-4H3. The second-order valence-corrected chi connectivity index (χ2v) is 4.77. The van der Waals surface area contributed by atoms with E-state index in [2.05, 4.69) is 31.7 Å². The van der Waals surface area contributed by atoms with Crippen molar-refractivity contribution >= 4 is 5.69 Å². The van der Waals surface area contributed by atoms with E-state index in [4.69, 9.17) is 10.5 Å². The Morgan fingerprint density at radius 3 is 2.41 bits per heavy atom. The van der Waals surface area contributed by atoms with Gasteiger partial charge in [0, 0.05) is 31.4 Å². The highest BCUT2D eigenvalue weighted by Crippen LogP contribution is 2.17. The molecule has 1 unspecified atom stereocenters. The number of hydrogen-bond donors (Lipinski definition) is 1. The van der Waals surface area contributed by atoms with E-state index in [9.17, 15) is 0 Å². The fourth-order valence-electron chi connectivity index (χ4n) is 2.06. The Labute approximate surface area is 105 Å². The molecular weight excluding hydrogens is 212 g/mol. The molecule has 0 bridgehead atoms. The number of rotatable bonds is 6. The third kappa shape index (κ3) is 4.02. The van der Waals surface area contributed by atoms with Gasteiger partial charge in [-0.1, -0.05) is 18.2 Å². The first-order chi connectivity index (χ1) is 8.06. The van der Waals surface area contributed by atoms with Crippen LogP contribution in [0.2, 0.25) is 0 Å². The highest BCUT2D eigenvalue weighted by Gasteiger charge is 2.17. The topological polar surface area (TPSA) is 38.5 Å². The monoisotopic (exact) mass is 236 g/mol. The lowest BCUT2D eigenvalue weighted by atomic mass is 10.1. The van der Waals surface area contributed by atoms with E-state index in [1.54, 1.807) is 7.11 Å². The number of ether oxygens (including phenoxy) is 1. The Morgan fingerprint density at radius 1 is 1.24 bits per heavy atom. The molecule has 3 nitrogen and oxygen atoms in total. The van der Waals surface area contributed by atoms with E-state index < -0.39 is 0 Å². The number of nitrogens with zero attached hydrogens (tertiary/aromatic N) is 1. The van der Waals surface area contributed by atoms with Gasteiger partial charge in [0.1, 0.15) is 0 Å². The summed E-state index contributed by atoms with van der Waals surface area (Å²) >= 11 is 0. The molecule has 96 valence electrons. The molecule has 1 aromatic rings. The van der Waals surface area contributed by atoms with Gasteiger partial charge in [0.05, 0.1) is 6.61 Å². The van der Waals surface area contributed by atoms with Crippen molar-refractivity contribution in [2.75, 3.05) is 19.5 Å². The van der Waals surface area contributed by atoms with Crippen LogP contribution in [0.15, 0.2) is 24.3 Å². The number of hydrogen-bond acceptors (Lipinski definition) is 3. The van der Waals surface area contributed by atoms with Crippen molar-refractivity contribution in [2.45, 2.75) is 39.4 Å². The maximum Gasteiger partial charge on any atom is 0.0615 e. The number of nitrogens with two attached hydrogens (primary N) is 1. The first-order valence-electron chi connectivity index (χ1n) is 6.14. The second kappa shape index (κ2) is 6.62. The maximum absolute atomic E-state index is 5.99. The van der Waals surface area contributed by atoms with Crippen LogP contribution in [0.4, 0.5) is 5.69 Å². The van der Waals surface area contributed by atoms with Gasteiger partial charge in [-0.05, 0) is 32.4 Å². The zero-order valence-corrected chi connectivity index (χ0v) is 11.3. The number of nitrogen functional groups attached to an aromatic ring is 1. The third-order valence-corrected chi connectivity index (χ3v) is 3.05. The van der Waals surface area contributed by atoms with Crippen LogP contribution < -0.4 is 5.73 Å². The average Bonchev–Trinajstić information content (AvgIpc) is 2.27. The minimum atomic E-state index is 0.389. The molecule has 17 heavy (non-hydrogen) atoms. The van der Waals surface area contributed by atoms with Gasteiger partial charge >= 0.3 is 0 Å².